The summed E-state index contributed by atoms with van der Waals surface area (Å²) in [6.07, 6.45) is 12.2. The Kier molecular flexibility index (Phi) is 3.81. The molecule has 0 amide bonds. The molecule has 0 aromatic carbocycles. The Balaban J connectivity index is 1.64. The van der Waals surface area contributed by atoms with Crippen LogP contribution in [0.15, 0.2) is 37.1 Å². The molecule has 4 aromatic heterocycles. The predicted octanol–water partition coefficient (Wildman–Crippen LogP) is 3.34. The van der Waals surface area contributed by atoms with Crippen LogP contribution in [0.5, 0.6) is 0 Å². The number of nitriles is 1. The van der Waals surface area contributed by atoms with E-state index in [-0.39, 0.29) is 11.5 Å². The lowest BCUT2D eigenvalue weighted by Crippen LogP contribution is -2.45. The van der Waals surface area contributed by atoms with Crippen molar-refractivity contribution < 1.29 is 0 Å². The summed E-state index contributed by atoms with van der Waals surface area (Å²) in [7, 11) is 1.89. The molecule has 5 rings (SSSR count). The van der Waals surface area contributed by atoms with Crippen molar-refractivity contribution in [3.05, 3.63) is 42.7 Å². The van der Waals surface area contributed by atoms with E-state index < -0.39 is 0 Å². The molecule has 8 heteroatoms. The third-order valence-corrected chi connectivity index (χ3v) is 6.12. The molecule has 1 saturated carbocycles. The van der Waals surface area contributed by atoms with E-state index in [1.807, 2.05) is 36.9 Å². The highest BCUT2D eigenvalue weighted by atomic mass is 15.3. The minimum atomic E-state index is -0.0686. The Labute approximate surface area is 168 Å². The first-order valence-corrected chi connectivity index (χ1v) is 9.83. The van der Waals surface area contributed by atoms with E-state index in [4.69, 9.17) is 10.1 Å². The van der Waals surface area contributed by atoms with Crippen LogP contribution >= 0.6 is 0 Å². The van der Waals surface area contributed by atoms with Gasteiger partial charge in [-0.2, -0.15) is 20.6 Å². The summed E-state index contributed by atoms with van der Waals surface area (Å²) < 4.78 is 5.68. The van der Waals surface area contributed by atoms with Gasteiger partial charge in [0.15, 0.2) is 0 Å². The maximum absolute atomic E-state index is 9.23. The highest BCUT2D eigenvalue weighted by molar-refractivity contribution is 5.79. The smallest absolute Gasteiger partial charge is 0.100 e. The maximum atomic E-state index is 9.23. The lowest BCUT2D eigenvalue weighted by molar-refractivity contribution is 0.0779. The highest BCUT2D eigenvalue weighted by Gasteiger charge is 2.45. The molecular formula is C21H22N8. The van der Waals surface area contributed by atoms with E-state index in [2.05, 4.69) is 34.1 Å². The van der Waals surface area contributed by atoms with E-state index in [0.717, 1.165) is 53.0 Å². The van der Waals surface area contributed by atoms with E-state index in [9.17, 15) is 5.26 Å². The summed E-state index contributed by atoms with van der Waals surface area (Å²) in [6.45, 7) is 4.18. The number of aryl methyl sites for hydroxylation is 2. The van der Waals surface area contributed by atoms with Gasteiger partial charge in [-0.25, -0.2) is 9.50 Å². The standard InChI is InChI=1S/C21H22N8/c1-4-21(7-15(8-21)9-22)29-12-17(14(2)26-29)20-19-5-6-23-28(19)13-18(25-20)16-10-24-27(3)11-16/h5-6,10-13,15H,4,7-8H2,1-3H3. The molecule has 0 N–H and O–H groups in total. The van der Waals surface area contributed by atoms with Crippen LogP contribution in [0.25, 0.3) is 28.0 Å². The van der Waals surface area contributed by atoms with E-state index in [1.54, 1.807) is 17.1 Å². The molecule has 0 unspecified atom stereocenters. The van der Waals surface area contributed by atoms with Gasteiger partial charge in [0.2, 0.25) is 0 Å². The van der Waals surface area contributed by atoms with Crippen LogP contribution in [-0.2, 0) is 12.6 Å². The molecule has 1 aliphatic carbocycles. The largest absolute Gasteiger partial charge is 0.275 e. The zero-order valence-corrected chi connectivity index (χ0v) is 16.7. The maximum Gasteiger partial charge on any atom is 0.100 e. The van der Waals surface area contributed by atoms with Gasteiger partial charge in [-0.05, 0) is 32.3 Å². The Morgan fingerprint density at radius 3 is 2.76 bits per heavy atom. The quantitative estimate of drug-likeness (QED) is 0.537. The van der Waals surface area contributed by atoms with Gasteiger partial charge in [0.05, 0.1) is 53.0 Å². The summed E-state index contributed by atoms with van der Waals surface area (Å²) in [5.41, 5.74) is 5.41. The van der Waals surface area contributed by atoms with Gasteiger partial charge in [0, 0.05) is 30.6 Å². The summed E-state index contributed by atoms with van der Waals surface area (Å²) >= 11 is 0. The normalized spacial score (nSPS) is 21.2. The fraction of sp³-hybridized carbons (Fsp3) is 0.381. The van der Waals surface area contributed by atoms with Crippen LogP contribution in [0, 0.1) is 24.2 Å². The number of aromatic nitrogens is 7. The Bertz CT molecular complexity index is 1250. The van der Waals surface area contributed by atoms with Gasteiger partial charge in [0.1, 0.15) is 5.69 Å². The van der Waals surface area contributed by atoms with Crippen molar-refractivity contribution >= 4 is 5.52 Å². The second-order valence-electron chi connectivity index (χ2n) is 7.92. The predicted molar refractivity (Wildman–Crippen MR) is 108 cm³/mol. The molecule has 0 atom stereocenters. The highest BCUT2D eigenvalue weighted by Crippen LogP contribution is 2.46. The van der Waals surface area contributed by atoms with E-state index >= 15 is 0 Å². The SMILES string of the molecule is CCC1(n2cc(-c3nc(-c4cnn(C)c4)cn4nccc34)c(C)n2)CC(C#N)C1. The average Bonchev–Trinajstić information content (AvgIpc) is 3.40. The van der Waals surface area contributed by atoms with E-state index in [1.165, 1.54) is 0 Å². The van der Waals surface area contributed by atoms with Gasteiger partial charge >= 0.3 is 0 Å². The molecule has 0 radical (unpaired) electrons. The number of hydrogen-bond acceptors (Lipinski definition) is 5. The van der Waals surface area contributed by atoms with Crippen molar-refractivity contribution in [1.29, 1.82) is 5.26 Å². The third-order valence-electron chi connectivity index (χ3n) is 6.12. The van der Waals surface area contributed by atoms with Crippen LogP contribution < -0.4 is 0 Å². The van der Waals surface area contributed by atoms with E-state index in [0.29, 0.717) is 0 Å². The van der Waals surface area contributed by atoms with Crippen LogP contribution in [0.3, 0.4) is 0 Å². The first-order valence-electron chi connectivity index (χ1n) is 9.83. The van der Waals surface area contributed by atoms with Gasteiger partial charge in [-0.1, -0.05) is 6.92 Å². The molecule has 1 aliphatic rings. The zero-order valence-electron chi connectivity index (χ0n) is 16.7. The Hall–Kier alpha value is -3.47. The molecule has 146 valence electrons. The molecule has 4 heterocycles. The van der Waals surface area contributed by atoms with Crippen molar-refractivity contribution in [1.82, 2.24) is 34.2 Å². The second-order valence-corrected chi connectivity index (χ2v) is 7.92. The van der Waals surface area contributed by atoms with Crippen molar-refractivity contribution in [3.63, 3.8) is 0 Å². The summed E-state index contributed by atoms with van der Waals surface area (Å²) in [5.74, 6) is 0.122. The van der Waals surface area contributed by atoms with Crippen LogP contribution in [0.4, 0.5) is 0 Å². The topological polar surface area (TPSA) is 89.6 Å². The summed E-state index contributed by atoms with van der Waals surface area (Å²) in [6, 6.07) is 4.36. The third kappa shape index (κ3) is 2.65. The molecule has 0 aliphatic heterocycles. The minimum absolute atomic E-state index is 0.0686. The van der Waals surface area contributed by atoms with Crippen molar-refractivity contribution in [2.45, 2.75) is 38.6 Å². The molecular weight excluding hydrogens is 364 g/mol. The van der Waals surface area contributed by atoms with Crippen molar-refractivity contribution in [2.24, 2.45) is 13.0 Å². The fourth-order valence-electron chi connectivity index (χ4n) is 4.34. The molecule has 4 aromatic rings. The first kappa shape index (κ1) is 17.6. The van der Waals surface area contributed by atoms with Crippen molar-refractivity contribution in [3.8, 4) is 28.6 Å². The zero-order chi connectivity index (χ0) is 20.2. The number of fused-ring (bicyclic) bond motifs is 1. The molecule has 1 fully saturated rings. The Morgan fingerprint density at radius 1 is 1.24 bits per heavy atom. The van der Waals surface area contributed by atoms with Crippen LogP contribution in [0.1, 0.15) is 31.9 Å². The first-order chi connectivity index (χ1) is 14.0. The number of hydrogen-bond donors (Lipinski definition) is 0. The fourth-order valence-corrected chi connectivity index (χ4v) is 4.34. The molecule has 29 heavy (non-hydrogen) atoms. The lowest BCUT2D eigenvalue weighted by atomic mass is 9.67. The van der Waals surface area contributed by atoms with Crippen LogP contribution in [-0.4, -0.2) is 34.2 Å². The Morgan fingerprint density at radius 2 is 2.07 bits per heavy atom. The molecule has 0 bridgehead atoms. The average molecular weight is 386 g/mol. The summed E-state index contributed by atoms with van der Waals surface area (Å²) in [4.78, 5) is 4.96. The molecule has 0 spiro atoms. The number of nitrogens with zero attached hydrogens (tertiary/aromatic N) is 8. The minimum Gasteiger partial charge on any atom is -0.275 e. The second kappa shape index (κ2) is 6.27. The molecule has 0 saturated heterocycles. The van der Waals surface area contributed by atoms with Crippen molar-refractivity contribution in [2.75, 3.05) is 0 Å². The summed E-state index contributed by atoms with van der Waals surface area (Å²) in [5, 5.41) is 22.8. The van der Waals surface area contributed by atoms with Crippen LogP contribution in [0.2, 0.25) is 0 Å². The van der Waals surface area contributed by atoms with Gasteiger partial charge in [-0.15, -0.1) is 0 Å². The van der Waals surface area contributed by atoms with Gasteiger partial charge < -0.3 is 0 Å². The lowest BCUT2D eigenvalue weighted by Gasteiger charge is -2.44. The monoisotopic (exact) mass is 386 g/mol. The number of rotatable bonds is 4. The molecule has 8 nitrogen and oxygen atoms in total. The van der Waals surface area contributed by atoms with Gasteiger partial charge in [-0.3, -0.25) is 9.36 Å². The van der Waals surface area contributed by atoms with Gasteiger partial charge in [0.25, 0.3) is 0 Å².